The minimum atomic E-state index is -1.69. The van der Waals surface area contributed by atoms with Crippen molar-refractivity contribution in [3.05, 3.63) is 48.3 Å². The van der Waals surface area contributed by atoms with Crippen molar-refractivity contribution in [1.82, 2.24) is 0 Å². The van der Waals surface area contributed by atoms with Gasteiger partial charge in [-0.3, -0.25) is 13.8 Å². The summed E-state index contributed by atoms with van der Waals surface area (Å²) in [5, 5.41) is 5.08. The smallest absolute Gasteiger partial charge is 0.237 e. The molecular formula is C17H15FN2O5S. The molecule has 7 nitrogen and oxygen atoms in total. The van der Waals surface area contributed by atoms with Crippen LogP contribution in [0.4, 0.5) is 15.8 Å². The first-order chi connectivity index (χ1) is 12.5. The largest absolute Gasteiger partial charge is 0.454 e. The Morgan fingerprint density at radius 1 is 0.923 bits per heavy atom. The Bertz CT molecular complexity index is 857. The van der Waals surface area contributed by atoms with Gasteiger partial charge in [0.05, 0.1) is 0 Å². The molecule has 26 heavy (non-hydrogen) atoms. The van der Waals surface area contributed by atoms with Crippen molar-refractivity contribution >= 4 is 34.0 Å². The van der Waals surface area contributed by atoms with Gasteiger partial charge < -0.3 is 20.1 Å². The summed E-state index contributed by atoms with van der Waals surface area (Å²) in [7, 11) is -1.69. The van der Waals surface area contributed by atoms with Gasteiger partial charge in [-0.25, -0.2) is 4.39 Å². The fourth-order valence-corrected chi connectivity index (χ4v) is 3.08. The first-order valence-electron chi connectivity index (χ1n) is 7.59. The lowest BCUT2D eigenvalue weighted by Crippen LogP contribution is -2.26. The molecule has 1 heterocycles. The molecule has 0 fully saturated rings. The van der Waals surface area contributed by atoms with Gasteiger partial charge in [0.1, 0.15) is 17.3 Å². The standard InChI is InChI=1S/C17H15FN2O5S/c18-11-1-3-12(4-2-11)19-16(21)8-26(23)9-17(22)20-13-5-6-14-15(7-13)25-10-24-14/h1-7H,8-10H2,(H,19,21)(H,20,22). The van der Waals surface area contributed by atoms with E-state index in [-0.39, 0.29) is 18.3 Å². The van der Waals surface area contributed by atoms with Crippen molar-refractivity contribution in [2.75, 3.05) is 28.9 Å². The van der Waals surface area contributed by atoms with Crippen molar-refractivity contribution in [2.45, 2.75) is 0 Å². The number of hydrogen-bond acceptors (Lipinski definition) is 5. The summed E-state index contributed by atoms with van der Waals surface area (Å²) in [5.74, 6) is -1.00. The number of fused-ring (bicyclic) bond motifs is 1. The number of benzene rings is 2. The van der Waals surface area contributed by atoms with Gasteiger partial charge in [0.15, 0.2) is 11.5 Å². The van der Waals surface area contributed by atoms with Crippen LogP contribution >= 0.6 is 0 Å². The monoisotopic (exact) mass is 378 g/mol. The number of carbonyl (C=O) groups is 2. The van der Waals surface area contributed by atoms with E-state index < -0.39 is 28.4 Å². The molecule has 2 N–H and O–H groups in total. The molecule has 0 radical (unpaired) electrons. The van der Waals surface area contributed by atoms with E-state index in [1.54, 1.807) is 18.2 Å². The molecule has 2 amide bonds. The molecule has 1 atom stereocenters. The molecule has 0 spiro atoms. The van der Waals surface area contributed by atoms with Crippen LogP contribution in [0.15, 0.2) is 42.5 Å². The highest BCUT2D eigenvalue weighted by atomic mass is 32.2. The van der Waals surface area contributed by atoms with E-state index in [2.05, 4.69) is 10.6 Å². The van der Waals surface area contributed by atoms with Crippen molar-refractivity contribution in [3.63, 3.8) is 0 Å². The molecule has 0 aromatic heterocycles. The van der Waals surface area contributed by atoms with Crippen LogP contribution < -0.4 is 20.1 Å². The molecule has 2 aromatic rings. The summed E-state index contributed by atoms with van der Waals surface area (Å²) in [6.45, 7) is 0.125. The predicted octanol–water partition coefficient (Wildman–Crippen LogP) is 1.88. The second-order valence-corrected chi connectivity index (χ2v) is 6.86. The Hall–Kier alpha value is -2.94. The maximum atomic E-state index is 12.8. The zero-order valence-corrected chi connectivity index (χ0v) is 14.3. The molecule has 1 aliphatic heterocycles. The Kier molecular flexibility index (Phi) is 5.47. The molecule has 3 rings (SSSR count). The normalized spacial score (nSPS) is 13.1. The number of amides is 2. The molecule has 0 bridgehead atoms. The number of anilines is 2. The van der Waals surface area contributed by atoms with Gasteiger partial charge in [-0.2, -0.15) is 0 Å². The van der Waals surface area contributed by atoms with E-state index in [1.165, 1.54) is 24.3 Å². The molecule has 2 aromatic carbocycles. The third-order valence-corrected chi connectivity index (χ3v) is 4.54. The van der Waals surface area contributed by atoms with E-state index in [9.17, 15) is 18.2 Å². The van der Waals surface area contributed by atoms with Crippen LogP contribution in [-0.4, -0.2) is 34.3 Å². The first kappa shape index (κ1) is 17.9. The minimum Gasteiger partial charge on any atom is -0.454 e. The van der Waals surface area contributed by atoms with Gasteiger partial charge in [-0.1, -0.05) is 0 Å². The fraction of sp³-hybridized carbons (Fsp3) is 0.176. The van der Waals surface area contributed by atoms with Crippen LogP contribution in [0.1, 0.15) is 0 Å². The highest BCUT2D eigenvalue weighted by Gasteiger charge is 2.16. The number of hydrogen-bond donors (Lipinski definition) is 2. The Balaban J connectivity index is 1.47. The maximum absolute atomic E-state index is 12.8. The average molecular weight is 378 g/mol. The second kappa shape index (κ2) is 7.96. The summed E-state index contributed by atoms with van der Waals surface area (Å²) in [6.07, 6.45) is 0. The summed E-state index contributed by atoms with van der Waals surface area (Å²) < 4.78 is 35.2. The summed E-state index contributed by atoms with van der Waals surface area (Å²) in [5.41, 5.74) is 0.866. The van der Waals surface area contributed by atoms with Crippen LogP contribution in [0.3, 0.4) is 0 Å². The molecular weight excluding hydrogens is 363 g/mol. The van der Waals surface area contributed by atoms with Crippen molar-refractivity contribution in [3.8, 4) is 11.5 Å². The molecule has 0 aliphatic carbocycles. The van der Waals surface area contributed by atoms with Crippen LogP contribution in [-0.2, 0) is 20.4 Å². The second-order valence-electron chi connectivity index (χ2n) is 5.40. The Labute approximate surface area is 150 Å². The molecule has 0 saturated carbocycles. The third-order valence-electron chi connectivity index (χ3n) is 3.37. The lowest BCUT2D eigenvalue weighted by atomic mass is 10.3. The number of carbonyl (C=O) groups excluding carboxylic acids is 2. The quantitative estimate of drug-likeness (QED) is 0.801. The average Bonchev–Trinajstić information content (AvgIpc) is 3.04. The van der Waals surface area contributed by atoms with E-state index in [1.807, 2.05) is 0 Å². The number of nitrogens with one attached hydrogen (secondary N) is 2. The van der Waals surface area contributed by atoms with Crippen LogP contribution in [0, 0.1) is 5.82 Å². The number of ether oxygens (including phenoxy) is 2. The van der Waals surface area contributed by atoms with Crippen LogP contribution in [0.25, 0.3) is 0 Å². The Morgan fingerprint density at radius 2 is 1.50 bits per heavy atom. The minimum absolute atomic E-state index is 0.125. The molecule has 0 saturated heterocycles. The summed E-state index contributed by atoms with van der Waals surface area (Å²) in [6, 6.07) is 10.1. The lowest BCUT2D eigenvalue weighted by molar-refractivity contribution is -0.114. The van der Waals surface area contributed by atoms with Crippen molar-refractivity contribution in [1.29, 1.82) is 0 Å². The first-order valence-corrected chi connectivity index (χ1v) is 9.08. The highest BCUT2D eigenvalue weighted by molar-refractivity contribution is 7.86. The van der Waals surface area contributed by atoms with Gasteiger partial charge in [0.25, 0.3) is 0 Å². The van der Waals surface area contributed by atoms with Gasteiger partial charge in [-0.15, -0.1) is 0 Å². The number of rotatable bonds is 6. The third kappa shape index (κ3) is 4.79. The highest BCUT2D eigenvalue weighted by Crippen LogP contribution is 2.34. The van der Waals surface area contributed by atoms with Gasteiger partial charge in [0.2, 0.25) is 18.6 Å². The van der Waals surface area contributed by atoms with Gasteiger partial charge in [-0.05, 0) is 36.4 Å². The molecule has 136 valence electrons. The summed E-state index contributed by atoms with van der Waals surface area (Å²) >= 11 is 0. The molecule has 1 unspecified atom stereocenters. The van der Waals surface area contributed by atoms with E-state index in [0.717, 1.165) is 0 Å². The van der Waals surface area contributed by atoms with E-state index in [0.29, 0.717) is 22.9 Å². The molecule has 9 heteroatoms. The van der Waals surface area contributed by atoms with Gasteiger partial charge in [0, 0.05) is 28.2 Å². The molecule has 1 aliphatic rings. The SMILES string of the molecule is O=C(CS(=O)CC(=O)Nc1ccc2c(c1)OCO2)Nc1ccc(F)cc1. The maximum Gasteiger partial charge on any atom is 0.237 e. The van der Waals surface area contributed by atoms with Crippen LogP contribution in [0.2, 0.25) is 0 Å². The predicted molar refractivity (Wildman–Crippen MR) is 94.1 cm³/mol. The fourth-order valence-electron chi connectivity index (χ4n) is 2.25. The Morgan fingerprint density at radius 3 is 2.19 bits per heavy atom. The van der Waals surface area contributed by atoms with Gasteiger partial charge >= 0.3 is 0 Å². The van der Waals surface area contributed by atoms with Crippen molar-refractivity contribution < 1.29 is 27.7 Å². The van der Waals surface area contributed by atoms with E-state index in [4.69, 9.17) is 9.47 Å². The summed E-state index contributed by atoms with van der Waals surface area (Å²) in [4.78, 5) is 23.8. The zero-order valence-electron chi connectivity index (χ0n) is 13.5. The number of halogens is 1. The topological polar surface area (TPSA) is 93.7 Å². The van der Waals surface area contributed by atoms with E-state index >= 15 is 0 Å². The van der Waals surface area contributed by atoms with Crippen LogP contribution in [0.5, 0.6) is 11.5 Å². The lowest BCUT2D eigenvalue weighted by Gasteiger charge is -2.07. The zero-order chi connectivity index (χ0) is 18.5. The van der Waals surface area contributed by atoms with Crippen molar-refractivity contribution in [2.24, 2.45) is 0 Å².